The summed E-state index contributed by atoms with van der Waals surface area (Å²) < 4.78 is 14.7. The van der Waals surface area contributed by atoms with Gasteiger partial charge in [0, 0.05) is 18.2 Å². The highest BCUT2D eigenvalue weighted by molar-refractivity contribution is 7.99. The van der Waals surface area contributed by atoms with Crippen molar-refractivity contribution in [2.45, 2.75) is 17.5 Å². The molecular weight excluding hydrogens is 365 g/mol. The van der Waals surface area contributed by atoms with Gasteiger partial charge in [-0.15, -0.1) is 11.8 Å². The lowest BCUT2D eigenvalue weighted by molar-refractivity contribution is -0.140. The second kappa shape index (κ2) is 7.04. The summed E-state index contributed by atoms with van der Waals surface area (Å²) in [5.41, 5.74) is 3.05. The maximum atomic E-state index is 13.4. The molecule has 4 rings (SSSR count). The molecule has 27 heavy (non-hydrogen) atoms. The van der Waals surface area contributed by atoms with Crippen molar-refractivity contribution in [1.29, 1.82) is 0 Å². The number of benzene rings is 2. The number of hydrogen-bond acceptors (Lipinski definition) is 3. The van der Waals surface area contributed by atoms with E-state index in [-0.39, 0.29) is 11.4 Å². The van der Waals surface area contributed by atoms with Gasteiger partial charge in [-0.3, -0.25) is 9.36 Å². The Morgan fingerprint density at radius 1 is 1.15 bits per heavy atom. The molecule has 0 amide bonds. The Morgan fingerprint density at radius 3 is 2.52 bits per heavy atom. The molecule has 4 nitrogen and oxygen atoms in total. The third-order valence-electron chi connectivity index (χ3n) is 4.66. The zero-order chi connectivity index (χ0) is 19.0. The van der Waals surface area contributed by atoms with E-state index < -0.39 is 12.0 Å². The van der Waals surface area contributed by atoms with Crippen LogP contribution in [0.4, 0.5) is 4.39 Å². The van der Waals surface area contributed by atoms with Crippen molar-refractivity contribution in [2.75, 3.05) is 5.75 Å². The van der Waals surface area contributed by atoms with E-state index >= 15 is 0 Å². The Hall–Kier alpha value is -2.86. The molecule has 6 heteroatoms. The van der Waals surface area contributed by atoms with E-state index in [0.29, 0.717) is 22.8 Å². The molecule has 1 atom stereocenters. The highest BCUT2D eigenvalue weighted by Gasteiger charge is 2.32. The Bertz CT molecular complexity index is 1060. The molecule has 1 aliphatic heterocycles. The smallest absolute Gasteiger partial charge is 0.327 e. The van der Waals surface area contributed by atoms with Gasteiger partial charge in [0.25, 0.3) is 5.56 Å². The Labute approximate surface area is 159 Å². The van der Waals surface area contributed by atoms with Crippen LogP contribution in [0, 0.1) is 5.82 Å². The van der Waals surface area contributed by atoms with Gasteiger partial charge in [-0.05, 0) is 34.4 Å². The average Bonchev–Trinajstić information content (AvgIpc) is 3.12. The summed E-state index contributed by atoms with van der Waals surface area (Å²) >= 11 is 1.38. The van der Waals surface area contributed by atoms with Gasteiger partial charge in [-0.1, -0.05) is 42.5 Å². The van der Waals surface area contributed by atoms with Crippen molar-refractivity contribution in [2.24, 2.45) is 0 Å². The predicted molar refractivity (Wildman–Crippen MR) is 103 cm³/mol. The number of aromatic nitrogens is 1. The van der Waals surface area contributed by atoms with E-state index in [2.05, 4.69) is 0 Å². The van der Waals surface area contributed by atoms with Crippen LogP contribution in [0.1, 0.15) is 17.2 Å². The van der Waals surface area contributed by atoms with E-state index in [1.165, 1.54) is 34.5 Å². The normalized spacial score (nSPS) is 15.5. The van der Waals surface area contributed by atoms with Gasteiger partial charge in [-0.2, -0.15) is 0 Å². The number of halogens is 1. The van der Waals surface area contributed by atoms with Crippen molar-refractivity contribution < 1.29 is 14.3 Å². The lowest BCUT2D eigenvalue weighted by atomic mass is 9.96. The van der Waals surface area contributed by atoms with Crippen LogP contribution < -0.4 is 5.56 Å². The third kappa shape index (κ3) is 3.28. The third-order valence-corrected chi connectivity index (χ3v) is 5.86. The van der Waals surface area contributed by atoms with Crippen LogP contribution in [0.5, 0.6) is 0 Å². The zero-order valence-corrected chi connectivity index (χ0v) is 15.1. The number of hydrogen-bond donors (Lipinski definition) is 1. The van der Waals surface area contributed by atoms with Crippen LogP contribution in [-0.2, 0) is 11.2 Å². The van der Waals surface area contributed by atoms with Crippen LogP contribution >= 0.6 is 11.8 Å². The topological polar surface area (TPSA) is 59.3 Å². The fourth-order valence-electron chi connectivity index (χ4n) is 3.36. The molecule has 2 aromatic carbocycles. The highest BCUT2D eigenvalue weighted by atomic mass is 32.2. The Balaban J connectivity index is 1.93. The SMILES string of the molecule is O=C(O)[C@@H]1CSc2c(Cc3ccccc3)c(-c3ccc(F)cc3)cc(=O)n21. The van der Waals surface area contributed by atoms with E-state index in [1.807, 2.05) is 30.3 Å². The number of carbonyl (C=O) groups is 1. The molecule has 0 radical (unpaired) electrons. The number of pyridine rings is 1. The summed E-state index contributed by atoms with van der Waals surface area (Å²) in [5.74, 6) is -1.04. The first-order valence-corrected chi connectivity index (χ1v) is 9.47. The standard InChI is InChI=1S/C21H16FNO3S/c22-15-8-6-14(7-9-15)16-11-19(24)23-18(21(25)26)12-27-20(23)17(16)10-13-4-2-1-3-5-13/h1-9,11,18H,10,12H2,(H,25,26)/t18-/m0/s1. The monoisotopic (exact) mass is 381 g/mol. The molecule has 2 heterocycles. The molecule has 0 bridgehead atoms. The van der Waals surface area contributed by atoms with Crippen molar-refractivity contribution >= 4 is 17.7 Å². The second-order valence-electron chi connectivity index (χ2n) is 6.38. The first-order chi connectivity index (χ1) is 13.0. The van der Waals surface area contributed by atoms with Gasteiger partial charge in [0.1, 0.15) is 11.9 Å². The number of carboxylic acid groups (broad SMARTS) is 1. The van der Waals surface area contributed by atoms with Gasteiger partial charge in [0.15, 0.2) is 0 Å². The summed E-state index contributed by atoms with van der Waals surface area (Å²) in [6, 6.07) is 16.4. The van der Waals surface area contributed by atoms with Gasteiger partial charge in [0.05, 0.1) is 5.03 Å². The Kier molecular flexibility index (Phi) is 4.58. The van der Waals surface area contributed by atoms with Crippen molar-refractivity contribution in [3.8, 4) is 11.1 Å². The minimum Gasteiger partial charge on any atom is -0.480 e. The van der Waals surface area contributed by atoms with E-state index in [0.717, 1.165) is 16.7 Å². The number of thioether (sulfide) groups is 1. The summed E-state index contributed by atoms with van der Waals surface area (Å²) in [7, 11) is 0. The van der Waals surface area contributed by atoms with Gasteiger partial charge in [0.2, 0.25) is 0 Å². The minimum absolute atomic E-state index is 0.319. The molecule has 1 aliphatic rings. The molecule has 136 valence electrons. The first-order valence-electron chi connectivity index (χ1n) is 8.48. The van der Waals surface area contributed by atoms with Crippen LogP contribution in [0.2, 0.25) is 0 Å². The van der Waals surface area contributed by atoms with Crippen LogP contribution in [0.15, 0.2) is 70.5 Å². The van der Waals surface area contributed by atoms with Gasteiger partial charge >= 0.3 is 5.97 Å². The van der Waals surface area contributed by atoms with Crippen molar-refractivity contribution in [3.63, 3.8) is 0 Å². The molecule has 3 aromatic rings. The quantitative estimate of drug-likeness (QED) is 0.743. The molecule has 0 fully saturated rings. The van der Waals surface area contributed by atoms with Crippen molar-refractivity contribution in [1.82, 2.24) is 4.57 Å². The molecule has 1 N–H and O–H groups in total. The van der Waals surface area contributed by atoms with Crippen LogP contribution in [0.25, 0.3) is 11.1 Å². The van der Waals surface area contributed by atoms with E-state index in [1.54, 1.807) is 12.1 Å². The molecule has 0 aliphatic carbocycles. The number of nitrogens with zero attached hydrogens (tertiary/aromatic N) is 1. The number of fused-ring (bicyclic) bond motifs is 1. The maximum absolute atomic E-state index is 13.4. The summed E-state index contributed by atoms with van der Waals surface area (Å²) in [6.07, 6.45) is 0.558. The lowest BCUT2D eigenvalue weighted by Gasteiger charge is -2.17. The maximum Gasteiger partial charge on any atom is 0.327 e. The highest BCUT2D eigenvalue weighted by Crippen LogP contribution is 2.39. The fourth-order valence-corrected chi connectivity index (χ4v) is 4.68. The van der Waals surface area contributed by atoms with E-state index in [4.69, 9.17) is 0 Å². The van der Waals surface area contributed by atoms with Crippen LogP contribution in [0.3, 0.4) is 0 Å². The van der Waals surface area contributed by atoms with Gasteiger partial charge < -0.3 is 5.11 Å². The average molecular weight is 381 g/mol. The zero-order valence-electron chi connectivity index (χ0n) is 14.3. The summed E-state index contributed by atoms with van der Waals surface area (Å²) in [6.45, 7) is 0. The van der Waals surface area contributed by atoms with Crippen molar-refractivity contribution in [3.05, 3.63) is 88.0 Å². The largest absolute Gasteiger partial charge is 0.480 e. The molecule has 0 unspecified atom stereocenters. The van der Waals surface area contributed by atoms with Crippen LogP contribution in [-0.4, -0.2) is 21.4 Å². The number of carboxylic acids is 1. The minimum atomic E-state index is -1.01. The van der Waals surface area contributed by atoms with E-state index in [9.17, 15) is 19.1 Å². The molecule has 0 saturated heterocycles. The number of rotatable bonds is 4. The van der Waals surface area contributed by atoms with Gasteiger partial charge in [-0.25, -0.2) is 9.18 Å². The molecular formula is C21H16FNO3S. The molecule has 0 saturated carbocycles. The summed E-state index contributed by atoms with van der Waals surface area (Å²) in [4.78, 5) is 24.3. The molecule has 0 spiro atoms. The Morgan fingerprint density at radius 2 is 1.85 bits per heavy atom. The molecule has 1 aromatic heterocycles. The predicted octanol–water partition coefficient (Wildman–Crippen LogP) is 3.98. The lowest BCUT2D eigenvalue weighted by Crippen LogP contribution is -2.29. The number of aliphatic carboxylic acids is 1. The fraction of sp³-hybridized carbons (Fsp3) is 0.143. The first kappa shape index (κ1) is 17.5. The summed E-state index contributed by atoms with van der Waals surface area (Å²) in [5, 5.41) is 10.1. The second-order valence-corrected chi connectivity index (χ2v) is 7.39.